The lowest BCUT2D eigenvalue weighted by Crippen LogP contribution is -2.21. The molecule has 0 saturated carbocycles. The Kier molecular flexibility index (Phi) is 11.2. The minimum absolute atomic E-state index is 0.0135. The Morgan fingerprint density at radius 1 is 0.750 bits per heavy atom. The number of anilines is 1. The Morgan fingerprint density at radius 2 is 1.25 bits per heavy atom. The van der Waals surface area contributed by atoms with Crippen molar-refractivity contribution in [1.82, 2.24) is 0 Å². The quantitative estimate of drug-likeness (QED) is 0.138. The molecule has 0 unspecified atom stereocenters. The van der Waals surface area contributed by atoms with Crippen LogP contribution in [0.3, 0.4) is 0 Å². The molecule has 0 spiro atoms. The molecule has 0 heterocycles. The molecule has 0 aliphatic heterocycles. The fourth-order valence-corrected chi connectivity index (χ4v) is 4.60. The fourth-order valence-electron chi connectivity index (χ4n) is 4.60. The SMILES string of the molecule is C=C(C)C(=O)OCCOC(=O)c1ccc(C(=C2C=CC(=[N+](CC)CC)C=C2)c2ccc(N(CC)CC)cc2)cc1. The van der Waals surface area contributed by atoms with Crippen molar-refractivity contribution in [3.8, 4) is 0 Å². The van der Waals surface area contributed by atoms with Gasteiger partial charge in [0.1, 0.15) is 26.3 Å². The Morgan fingerprint density at radius 3 is 1.75 bits per heavy atom. The van der Waals surface area contributed by atoms with Crippen LogP contribution in [0.2, 0.25) is 0 Å². The fraction of sp³-hybridized carbons (Fsp3) is 0.324. The van der Waals surface area contributed by atoms with Gasteiger partial charge in [-0.3, -0.25) is 0 Å². The van der Waals surface area contributed by atoms with Gasteiger partial charge >= 0.3 is 11.9 Å². The zero-order valence-corrected chi connectivity index (χ0v) is 24.4. The number of ether oxygens (including phenoxy) is 2. The standard InChI is InChI=1S/C34H41N2O4/c1-7-35(8-2)30-19-15-27(16-20-30)32(28-17-21-31(22-18-28)36(9-3)10-4)26-11-13-29(14-12-26)34(38)40-24-23-39-33(37)25(5)6/h11-22H,5,7-10,23-24H2,1-4,6H3/q+1. The highest BCUT2D eigenvalue weighted by Gasteiger charge is 2.16. The van der Waals surface area contributed by atoms with Gasteiger partial charge < -0.3 is 14.4 Å². The number of nitrogens with zero attached hydrogens (tertiary/aromatic N) is 2. The zero-order chi connectivity index (χ0) is 29.1. The molecule has 0 saturated heterocycles. The molecule has 1 aliphatic rings. The third-order valence-electron chi connectivity index (χ3n) is 6.88. The second-order valence-electron chi connectivity index (χ2n) is 9.44. The lowest BCUT2D eigenvalue weighted by atomic mass is 9.90. The van der Waals surface area contributed by atoms with E-state index in [9.17, 15) is 9.59 Å². The number of benzene rings is 2. The summed E-state index contributed by atoms with van der Waals surface area (Å²) < 4.78 is 12.6. The van der Waals surface area contributed by atoms with E-state index in [1.807, 2.05) is 12.1 Å². The zero-order valence-electron chi connectivity index (χ0n) is 24.4. The average Bonchev–Trinajstić information content (AvgIpc) is 2.98. The van der Waals surface area contributed by atoms with Crippen molar-refractivity contribution < 1.29 is 23.6 Å². The molecule has 0 N–H and O–H groups in total. The summed E-state index contributed by atoms with van der Waals surface area (Å²) in [6, 6.07) is 16.1. The molecule has 210 valence electrons. The maximum Gasteiger partial charge on any atom is 0.338 e. The highest BCUT2D eigenvalue weighted by Crippen LogP contribution is 2.31. The Labute approximate surface area is 238 Å². The number of esters is 2. The summed E-state index contributed by atoms with van der Waals surface area (Å²) in [5.74, 6) is -0.967. The smallest absolute Gasteiger partial charge is 0.338 e. The van der Waals surface area contributed by atoms with Crippen molar-refractivity contribution in [3.05, 3.63) is 107 Å². The second-order valence-corrected chi connectivity index (χ2v) is 9.44. The molecule has 6 heteroatoms. The van der Waals surface area contributed by atoms with Gasteiger partial charge in [-0.25, -0.2) is 14.2 Å². The summed E-state index contributed by atoms with van der Waals surface area (Å²) in [6.07, 6.45) is 8.66. The topological polar surface area (TPSA) is 58.9 Å². The second kappa shape index (κ2) is 14.8. The van der Waals surface area contributed by atoms with Gasteiger partial charge in [0.2, 0.25) is 0 Å². The monoisotopic (exact) mass is 541 g/mol. The van der Waals surface area contributed by atoms with E-state index in [-0.39, 0.29) is 13.2 Å². The molecule has 2 aromatic carbocycles. The first-order chi connectivity index (χ1) is 19.3. The summed E-state index contributed by atoms with van der Waals surface area (Å²) in [4.78, 5) is 26.4. The maximum atomic E-state index is 12.6. The van der Waals surface area contributed by atoms with Gasteiger partial charge in [-0.15, -0.1) is 0 Å². The van der Waals surface area contributed by atoms with E-state index in [0.29, 0.717) is 11.1 Å². The van der Waals surface area contributed by atoms with Gasteiger partial charge in [0.15, 0.2) is 5.71 Å². The molecule has 0 aromatic heterocycles. The molecule has 0 atom stereocenters. The van der Waals surface area contributed by atoms with Crippen molar-refractivity contribution in [3.63, 3.8) is 0 Å². The summed E-state index contributed by atoms with van der Waals surface area (Å²) in [5, 5.41) is 0. The number of hydrogen-bond donors (Lipinski definition) is 0. The first-order valence-electron chi connectivity index (χ1n) is 14.0. The number of carbonyl (C=O) groups excluding carboxylic acids is 2. The average molecular weight is 542 g/mol. The molecule has 3 rings (SSSR count). The first-order valence-corrected chi connectivity index (χ1v) is 14.0. The van der Waals surface area contributed by atoms with Gasteiger partial charge in [-0.05, 0) is 93.3 Å². The van der Waals surface area contributed by atoms with Crippen LogP contribution in [-0.4, -0.2) is 61.6 Å². The predicted molar refractivity (Wildman–Crippen MR) is 163 cm³/mol. The molecule has 1 aliphatic carbocycles. The summed E-state index contributed by atoms with van der Waals surface area (Å²) >= 11 is 0. The molecular weight excluding hydrogens is 500 g/mol. The number of hydrogen-bond acceptors (Lipinski definition) is 5. The third kappa shape index (κ3) is 7.69. The molecular formula is C34H41N2O4+. The van der Waals surface area contributed by atoms with Crippen molar-refractivity contribution in [2.75, 3.05) is 44.3 Å². The van der Waals surface area contributed by atoms with Gasteiger partial charge in [-0.1, -0.05) is 30.8 Å². The number of rotatable bonds is 12. The van der Waals surface area contributed by atoms with E-state index in [4.69, 9.17) is 9.47 Å². The van der Waals surface area contributed by atoms with Gasteiger partial charge in [0.05, 0.1) is 5.56 Å². The highest BCUT2D eigenvalue weighted by atomic mass is 16.6. The van der Waals surface area contributed by atoms with E-state index in [2.05, 4.69) is 92.3 Å². The van der Waals surface area contributed by atoms with Crippen molar-refractivity contribution in [2.24, 2.45) is 0 Å². The number of carbonyl (C=O) groups is 2. The third-order valence-corrected chi connectivity index (χ3v) is 6.88. The van der Waals surface area contributed by atoms with Gasteiger partial charge in [0.25, 0.3) is 0 Å². The summed E-state index contributed by atoms with van der Waals surface area (Å²) in [6.45, 7) is 17.5. The molecule has 0 amide bonds. The van der Waals surface area contributed by atoms with Gasteiger partial charge in [-0.2, -0.15) is 0 Å². The van der Waals surface area contributed by atoms with E-state index in [1.54, 1.807) is 19.1 Å². The number of allylic oxidation sites excluding steroid dienone is 5. The van der Waals surface area contributed by atoms with Crippen LogP contribution in [0.25, 0.3) is 5.57 Å². The Balaban J connectivity index is 1.90. The molecule has 6 nitrogen and oxygen atoms in total. The van der Waals surface area contributed by atoms with Crippen molar-refractivity contribution >= 4 is 28.9 Å². The molecule has 2 aromatic rings. The maximum absolute atomic E-state index is 12.6. The van der Waals surface area contributed by atoms with Crippen molar-refractivity contribution in [1.29, 1.82) is 0 Å². The molecule has 40 heavy (non-hydrogen) atoms. The minimum atomic E-state index is -0.501. The molecule has 0 fully saturated rings. The van der Waals surface area contributed by atoms with Crippen LogP contribution in [0.15, 0.2) is 90.6 Å². The Hall–Kier alpha value is -4.19. The summed E-state index contributed by atoms with van der Waals surface area (Å²) in [7, 11) is 0. The van der Waals surface area contributed by atoms with Crippen LogP contribution >= 0.6 is 0 Å². The highest BCUT2D eigenvalue weighted by molar-refractivity contribution is 6.04. The van der Waals surface area contributed by atoms with Crippen LogP contribution in [0.4, 0.5) is 5.69 Å². The predicted octanol–water partition coefficient (Wildman–Crippen LogP) is 6.23. The largest absolute Gasteiger partial charge is 0.459 e. The minimum Gasteiger partial charge on any atom is -0.459 e. The van der Waals surface area contributed by atoms with Crippen LogP contribution in [-0.2, 0) is 14.3 Å². The van der Waals surface area contributed by atoms with Crippen LogP contribution in [0.5, 0.6) is 0 Å². The summed E-state index contributed by atoms with van der Waals surface area (Å²) in [5.41, 5.74) is 7.40. The lowest BCUT2D eigenvalue weighted by molar-refractivity contribution is -0.519. The van der Waals surface area contributed by atoms with Gasteiger partial charge in [0, 0.05) is 36.5 Å². The van der Waals surface area contributed by atoms with E-state index in [0.717, 1.165) is 48.5 Å². The van der Waals surface area contributed by atoms with Crippen LogP contribution in [0.1, 0.15) is 56.1 Å². The van der Waals surface area contributed by atoms with E-state index < -0.39 is 11.9 Å². The van der Waals surface area contributed by atoms with Crippen molar-refractivity contribution in [2.45, 2.75) is 34.6 Å². The molecule has 0 bridgehead atoms. The molecule has 0 radical (unpaired) electrons. The van der Waals surface area contributed by atoms with Crippen LogP contribution < -0.4 is 4.90 Å². The lowest BCUT2D eigenvalue weighted by Gasteiger charge is -2.22. The van der Waals surface area contributed by atoms with E-state index >= 15 is 0 Å². The first kappa shape index (κ1) is 30.4. The van der Waals surface area contributed by atoms with E-state index in [1.165, 1.54) is 11.4 Å². The Bertz CT molecular complexity index is 1300. The van der Waals surface area contributed by atoms with Crippen LogP contribution in [0, 0.1) is 0 Å². The normalized spacial score (nSPS) is 12.2.